The van der Waals surface area contributed by atoms with Gasteiger partial charge >= 0.3 is 0 Å². The van der Waals surface area contributed by atoms with Crippen LogP contribution in [0.2, 0.25) is 0 Å². The monoisotopic (exact) mass is 344 g/mol. The van der Waals surface area contributed by atoms with Crippen molar-refractivity contribution in [3.8, 4) is 5.75 Å². The second kappa shape index (κ2) is 6.76. The van der Waals surface area contributed by atoms with Gasteiger partial charge in [0.15, 0.2) is 5.82 Å². The zero-order valence-electron chi connectivity index (χ0n) is 14.3. The highest BCUT2D eigenvalue weighted by molar-refractivity contribution is 7.99. The van der Waals surface area contributed by atoms with Gasteiger partial charge < -0.3 is 10.1 Å². The second-order valence-electron chi connectivity index (χ2n) is 6.48. The van der Waals surface area contributed by atoms with Crippen LogP contribution in [0.15, 0.2) is 23.1 Å². The summed E-state index contributed by atoms with van der Waals surface area (Å²) in [6.07, 6.45) is 4.21. The van der Waals surface area contributed by atoms with Crippen LogP contribution in [0.4, 0.5) is 0 Å². The highest BCUT2D eigenvalue weighted by atomic mass is 32.2. The van der Waals surface area contributed by atoms with Crippen molar-refractivity contribution >= 4 is 11.8 Å². The third kappa shape index (κ3) is 3.05. The van der Waals surface area contributed by atoms with E-state index in [2.05, 4.69) is 45.2 Å². The second-order valence-corrected chi connectivity index (χ2v) is 7.61. The average Bonchev–Trinajstić information content (AvgIpc) is 3.04. The number of fused-ring (bicyclic) bond motifs is 2. The fraction of sp³-hybridized carbons (Fsp3) is 0.556. The van der Waals surface area contributed by atoms with Crippen LogP contribution in [0.3, 0.4) is 0 Å². The molecule has 0 amide bonds. The number of benzene rings is 1. The maximum Gasteiger partial charge on any atom is 0.150 e. The quantitative estimate of drug-likeness (QED) is 0.924. The molecule has 6 heteroatoms. The standard InChI is InChI=1S/C18H24N4OS/c1-3-17-20-18-7-4-12(11-22(18)21-17)19-15-8-9-24-16-6-5-13(23-2)10-14(15)16/h5-6,10,12,15,19H,3-4,7-9,11H2,1-2H3/t12-,15-/m0/s1. The van der Waals surface area contributed by atoms with Crippen LogP contribution in [-0.4, -0.2) is 33.7 Å². The van der Waals surface area contributed by atoms with Crippen LogP contribution >= 0.6 is 11.8 Å². The molecule has 0 unspecified atom stereocenters. The molecule has 0 bridgehead atoms. The molecule has 2 aliphatic heterocycles. The molecule has 0 saturated heterocycles. The Hall–Kier alpha value is -1.53. The molecule has 1 aromatic carbocycles. The van der Waals surface area contributed by atoms with Crippen LogP contribution in [0.5, 0.6) is 5.75 Å². The van der Waals surface area contributed by atoms with Gasteiger partial charge in [0.25, 0.3) is 0 Å². The lowest BCUT2D eigenvalue weighted by Gasteiger charge is -2.32. The van der Waals surface area contributed by atoms with Crippen molar-refractivity contribution in [1.82, 2.24) is 20.1 Å². The summed E-state index contributed by atoms with van der Waals surface area (Å²) in [7, 11) is 1.73. The summed E-state index contributed by atoms with van der Waals surface area (Å²) in [6, 6.07) is 7.30. The molecule has 0 aliphatic carbocycles. The smallest absolute Gasteiger partial charge is 0.150 e. The van der Waals surface area contributed by atoms with Gasteiger partial charge in [-0.2, -0.15) is 5.10 Å². The first-order valence-electron chi connectivity index (χ1n) is 8.76. The van der Waals surface area contributed by atoms with E-state index >= 15 is 0 Å². The molecular weight excluding hydrogens is 320 g/mol. The fourth-order valence-corrected chi connectivity index (χ4v) is 4.71. The molecule has 5 nitrogen and oxygen atoms in total. The van der Waals surface area contributed by atoms with Gasteiger partial charge in [-0.15, -0.1) is 11.8 Å². The van der Waals surface area contributed by atoms with Gasteiger partial charge in [-0.1, -0.05) is 6.92 Å². The zero-order valence-corrected chi connectivity index (χ0v) is 15.1. The van der Waals surface area contributed by atoms with E-state index in [0.29, 0.717) is 12.1 Å². The van der Waals surface area contributed by atoms with E-state index in [1.165, 1.54) is 10.5 Å². The minimum Gasteiger partial charge on any atom is -0.497 e. The number of ether oxygens (including phenoxy) is 1. The Morgan fingerprint density at radius 1 is 1.38 bits per heavy atom. The molecule has 3 heterocycles. The van der Waals surface area contributed by atoms with Gasteiger partial charge in [0.1, 0.15) is 11.6 Å². The van der Waals surface area contributed by atoms with E-state index < -0.39 is 0 Å². The predicted molar refractivity (Wildman–Crippen MR) is 95.7 cm³/mol. The van der Waals surface area contributed by atoms with Crippen molar-refractivity contribution in [2.24, 2.45) is 0 Å². The molecule has 0 radical (unpaired) electrons. The molecule has 128 valence electrons. The molecule has 2 atom stereocenters. The number of thioether (sulfide) groups is 1. The Balaban J connectivity index is 1.51. The largest absolute Gasteiger partial charge is 0.497 e. The number of methoxy groups -OCH3 is 1. The minimum atomic E-state index is 0.400. The lowest BCUT2D eigenvalue weighted by atomic mass is 10.00. The number of aromatic nitrogens is 3. The average molecular weight is 344 g/mol. The van der Waals surface area contributed by atoms with Crippen molar-refractivity contribution in [3.05, 3.63) is 35.4 Å². The van der Waals surface area contributed by atoms with Gasteiger partial charge in [0, 0.05) is 29.8 Å². The Kier molecular flexibility index (Phi) is 4.50. The van der Waals surface area contributed by atoms with E-state index in [9.17, 15) is 0 Å². The number of rotatable bonds is 4. The molecule has 0 spiro atoms. The summed E-state index contributed by atoms with van der Waals surface area (Å²) in [4.78, 5) is 5.99. The molecule has 1 aromatic heterocycles. The lowest BCUT2D eigenvalue weighted by Crippen LogP contribution is -2.40. The molecule has 2 aromatic rings. The highest BCUT2D eigenvalue weighted by Gasteiger charge is 2.27. The summed E-state index contributed by atoms with van der Waals surface area (Å²) >= 11 is 1.95. The van der Waals surface area contributed by atoms with Gasteiger partial charge in [-0.25, -0.2) is 9.67 Å². The first-order chi connectivity index (χ1) is 11.8. The van der Waals surface area contributed by atoms with Crippen molar-refractivity contribution in [1.29, 1.82) is 0 Å². The first-order valence-corrected chi connectivity index (χ1v) is 9.74. The lowest BCUT2D eigenvalue weighted by molar-refractivity contribution is 0.320. The summed E-state index contributed by atoms with van der Waals surface area (Å²) in [5.74, 6) is 4.22. The number of hydrogen-bond acceptors (Lipinski definition) is 5. The molecule has 0 saturated carbocycles. The van der Waals surface area contributed by atoms with E-state index in [0.717, 1.165) is 55.4 Å². The molecule has 0 fully saturated rings. The highest BCUT2D eigenvalue weighted by Crippen LogP contribution is 2.38. The SMILES string of the molecule is CCc1nc2n(n1)C[C@@H](N[C@H]1CCSc3ccc(OC)cc31)CC2. The summed E-state index contributed by atoms with van der Waals surface area (Å²) in [5.41, 5.74) is 1.38. The third-order valence-corrected chi connectivity index (χ3v) is 6.03. The van der Waals surface area contributed by atoms with Gasteiger partial charge in [0.05, 0.1) is 13.7 Å². The Bertz CT molecular complexity index is 730. The van der Waals surface area contributed by atoms with E-state index in [-0.39, 0.29) is 0 Å². The van der Waals surface area contributed by atoms with Gasteiger partial charge in [-0.05, 0) is 42.4 Å². The van der Waals surface area contributed by atoms with Crippen molar-refractivity contribution in [3.63, 3.8) is 0 Å². The van der Waals surface area contributed by atoms with Crippen LogP contribution in [-0.2, 0) is 19.4 Å². The Morgan fingerprint density at radius 3 is 3.12 bits per heavy atom. The Labute approximate surface area is 147 Å². The van der Waals surface area contributed by atoms with Crippen LogP contribution < -0.4 is 10.1 Å². The molecule has 1 N–H and O–H groups in total. The van der Waals surface area contributed by atoms with E-state index in [1.807, 2.05) is 11.8 Å². The summed E-state index contributed by atoms with van der Waals surface area (Å²) in [6.45, 7) is 3.03. The summed E-state index contributed by atoms with van der Waals surface area (Å²) in [5, 5.41) is 8.50. The van der Waals surface area contributed by atoms with Gasteiger partial charge in [-0.3, -0.25) is 0 Å². The van der Waals surface area contributed by atoms with Crippen LogP contribution in [0.25, 0.3) is 0 Å². The van der Waals surface area contributed by atoms with Gasteiger partial charge in [0.2, 0.25) is 0 Å². The van der Waals surface area contributed by atoms with Crippen molar-refractivity contribution in [2.45, 2.75) is 56.1 Å². The predicted octanol–water partition coefficient (Wildman–Crippen LogP) is 2.99. The van der Waals surface area contributed by atoms with Crippen molar-refractivity contribution in [2.75, 3.05) is 12.9 Å². The normalized spacial score (nSPS) is 22.8. The topological polar surface area (TPSA) is 52.0 Å². The molecule has 2 aliphatic rings. The Morgan fingerprint density at radius 2 is 2.29 bits per heavy atom. The summed E-state index contributed by atoms with van der Waals surface area (Å²) < 4.78 is 7.52. The maximum absolute atomic E-state index is 5.42. The fourth-order valence-electron chi connectivity index (χ4n) is 3.60. The minimum absolute atomic E-state index is 0.400. The number of nitrogens with one attached hydrogen (secondary N) is 1. The van der Waals surface area contributed by atoms with Crippen LogP contribution in [0.1, 0.15) is 43.0 Å². The van der Waals surface area contributed by atoms with E-state index in [1.54, 1.807) is 7.11 Å². The molecular formula is C18H24N4OS. The molecule has 24 heavy (non-hydrogen) atoms. The molecule has 4 rings (SSSR count). The first kappa shape index (κ1) is 16.0. The number of hydrogen-bond donors (Lipinski definition) is 1. The zero-order chi connectivity index (χ0) is 16.5. The number of aryl methyl sites for hydroxylation is 2. The van der Waals surface area contributed by atoms with Crippen molar-refractivity contribution < 1.29 is 4.74 Å². The van der Waals surface area contributed by atoms with E-state index in [4.69, 9.17) is 4.74 Å². The van der Waals surface area contributed by atoms with Crippen LogP contribution in [0, 0.1) is 0 Å². The maximum atomic E-state index is 5.42. The number of nitrogens with zero attached hydrogens (tertiary/aromatic N) is 3. The third-order valence-electron chi connectivity index (χ3n) is 4.91.